The summed E-state index contributed by atoms with van der Waals surface area (Å²) in [4.78, 5) is 11.5. The maximum absolute atomic E-state index is 11.5. The third-order valence-corrected chi connectivity index (χ3v) is 3.91. The topological polar surface area (TPSA) is 35.5 Å². The molecule has 0 N–H and O–H groups in total. The number of rotatable bonds is 6. The molecule has 0 aromatic heterocycles. The second-order valence-corrected chi connectivity index (χ2v) is 5.96. The zero-order chi connectivity index (χ0) is 18.4. The van der Waals surface area contributed by atoms with E-state index >= 15 is 0 Å². The van der Waals surface area contributed by atoms with Gasteiger partial charge in [0.25, 0.3) is 0 Å². The third kappa shape index (κ3) is 5.08. The van der Waals surface area contributed by atoms with Gasteiger partial charge in [0.05, 0.1) is 0 Å². The summed E-state index contributed by atoms with van der Waals surface area (Å²) >= 11 is 0. The monoisotopic (exact) mass is 336 g/mol. The normalized spacial score (nSPS) is 11.5. The van der Waals surface area contributed by atoms with Crippen molar-refractivity contribution in [2.45, 2.75) is 34.1 Å². The fourth-order valence-corrected chi connectivity index (χ4v) is 2.19. The third-order valence-electron chi connectivity index (χ3n) is 3.91. The van der Waals surface area contributed by atoms with Crippen LogP contribution in [0, 0.1) is 0 Å². The van der Waals surface area contributed by atoms with Gasteiger partial charge in [0, 0.05) is 5.57 Å². The van der Waals surface area contributed by atoms with Crippen molar-refractivity contribution in [1.29, 1.82) is 0 Å². The minimum atomic E-state index is -0.452. The van der Waals surface area contributed by atoms with Crippen molar-refractivity contribution in [3.05, 3.63) is 77.8 Å². The Morgan fingerprint density at radius 3 is 1.88 bits per heavy atom. The Kier molecular flexibility index (Phi) is 6.18. The molecule has 2 aromatic rings. The Labute approximate surface area is 149 Å². The van der Waals surface area contributed by atoms with Gasteiger partial charge in [-0.1, -0.05) is 49.9 Å². The average molecular weight is 336 g/mol. The van der Waals surface area contributed by atoms with Crippen molar-refractivity contribution < 1.29 is 14.3 Å². The molecule has 0 spiro atoms. The number of hydrogen-bond donors (Lipinski definition) is 0. The van der Waals surface area contributed by atoms with Crippen LogP contribution >= 0.6 is 0 Å². The standard InChI is InChI=1S/C22H24O3/c1-6-18-7-9-19(10-8-18)20-11-13-21(14-12-20)24-16(4)17(5)25-22(23)15(2)3/h7-14H,2,6H2,1,3-5H3/b17-16+. The Morgan fingerprint density at radius 1 is 0.880 bits per heavy atom. The zero-order valence-electron chi connectivity index (χ0n) is 15.3. The Bertz CT molecular complexity index is 781. The highest BCUT2D eigenvalue weighted by atomic mass is 16.6. The molecular formula is C22H24O3. The second-order valence-electron chi connectivity index (χ2n) is 5.96. The van der Waals surface area contributed by atoms with Gasteiger partial charge >= 0.3 is 5.97 Å². The molecule has 0 saturated heterocycles. The van der Waals surface area contributed by atoms with E-state index in [9.17, 15) is 4.79 Å². The van der Waals surface area contributed by atoms with Crippen LogP contribution in [-0.2, 0) is 16.0 Å². The van der Waals surface area contributed by atoms with Gasteiger partial charge in [-0.05, 0) is 56.0 Å². The quantitative estimate of drug-likeness (QED) is 0.387. The fourth-order valence-electron chi connectivity index (χ4n) is 2.19. The highest BCUT2D eigenvalue weighted by Crippen LogP contribution is 2.24. The van der Waals surface area contributed by atoms with Crippen LogP contribution in [0.1, 0.15) is 33.3 Å². The van der Waals surface area contributed by atoms with E-state index in [1.54, 1.807) is 20.8 Å². The van der Waals surface area contributed by atoms with Crippen LogP contribution in [-0.4, -0.2) is 5.97 Å². The molecule has 0 heterocycles. The Morgan fingerprint density at radius 2 is 1.40 bits per heavy atom. The van der Waals surface area contributed by atoms with E-state index in [4.69, 9.17) is 9.47 Å². The van der Waals surface area contributed by atoms with Gasteiger partial charge in [-0.2, -0.15) is 0 Å². The molecule has 0 saturated carbocycles. The first-order valence-electron chi connectivity index (χ1n) is 8.33. The van der Waals surface area contributed by atoms with E-state index in [-0.39, 0.29) is 0 Å². The van der Waals surface area contributed by atoms with Crippen LogP contribution < -0.4 is 4.74 Å². The predicted octanol–water partition coefficient (Wildman–Crippen LogP) is 5.67. The first-order valence-corrected chi connectivity index (χ1v) is 8.33. The van der Waals surface area contributed by atoms with Crippen LogP contribution in [0.3, 0.4) is 0 Å². The summed E-state index contributed by atoms with van der Waals surface area (Å²) in [5, 5.41) is 0. The molecule has 0 fully saturated rings. The van der Waals surface area contributed by atoms with E-state index in [0.29, 0.717) is 22.8 Å². The molecule has 0 atom stereocenters. The molecule has 0 bridgehead atoms. The lowest BCUT2D eigenvalue weighted by Crippen LogP contribution is -2.06. The van der Waals surface area contributed by atoms with Crippen molar-refractivity contribution in [3.8, 4) is 16.9 Å². The lowest BCUT2D eigenvalue weighted by Gasteiger charge is -2.11. The molecule has 0 aliphatic heterocycles. The molecule has 0 aliphatic carbocycles. The van der Waals surface area contributed by atoms with Gasteiger partial charge in [-0.15, -0.1) is 0 Å². The summed E-state index contributed by atoms with van der Waals surface area (Å²) in [6, 6.07) is 16.4. The Balaban J connectivity index is 2.08. The van der Waals surface area contributed by atoms with Gasteiger partial charge in [0.15, 0.2) is 0 Å². The molecule has 3 heteroatoms. The van der Waals surface area contributed by atoms with E-state index in [1.165, 1.54) is 11.1 Å². The summed E-state index contributed by atoms with van der Waals surface area (Å²) < 4.78 is 10.9. The molecule has 0 amide bonds. The van der Waals surface area contributed by atoms with Crippen molar-refractivity contribution in [2.24, 2.45) is 0 Å². The van der Waals surface area contributed by atoms with Crippen molar-refractivity contribution >= 4 is 5.97 Å². The molecule has 2 rings (SSSR count). The maximum Gasteiger partial charge on any atom is 0.338 e. The van der Waals surface area contributed by atoms with Crippen molar-refractivity contribution in [1.82, 2.24) is 0 Å². The van der Waals surface area contributed by atoms with Gasteiger partial charge in [-0.3, -0.25) is 0 Å². The maximum atomic E-state index is 11.5. The summed E-state index contributed by atoms with van der Waals surface area (Å²) in [5.41, 5.74) is 3.97. The Hall–Kier alpha value is -2.81. The van der Waals surface area contributed by atoms with Crippen LogP contribution in [0.4, 0.5) is 0 Å². The summed E-state index contributed by atoms with van der Waals surface area (Å²) in [6.45, 7) is 10.8. The number of carbonyl (C=O) groups is 1. The van der Waals surface area contributed by atoms with Gasteiger partial charge in [0.1, 0.15) is 17.3 Å². The number of esters is 1. The molecule has 2 aromatic carbocycles. The molecule has 130 valence electrons. The van der Waals surface area contributed by atoms with Crippen LogP contribution in [0.15, 0.2) is 72.2 Å². The van der Waals surface area contributed by atoms with E-state index < -0.39 is 5.97 Å². The van der Waals surface area contributed by atoms with Gasteiger partial charge < -0.3 is 9.47 Å². The van der Waals surface area contributed by atoms with Gasteiger partial charge in [0.2, 0.25) is 0 Å². The number of carbonyl (C=O) groups excluding carboxylic acids is 1. The van der Waals surface area contributed by atoms with E-state index in [1.807, 2.05) is 24.3 Å². The van der Waals surface area contributed by atoms with Crippen LogP contribution in [0.2, 0.25) is 0 Å². The lowest BCUT2D eigenvalue weighted by atomic mass is 10.0. The largest absolute Gasteiger partial charge is 0.459 e. The zero-order valence-corrected chi connectivity index (χ0v) is 15.3. The van der Waals surface area contributed by atoms with Crippen LogP contribution in [0.5, 0.6) is 5.75 Å². The second kappa shape index (κ2) is 8.34. The number of benzene rings is 2. The number of aryl methyl sites for hydroxylation is 1. The number of hydrogen-bond acceptors (Lipinski definition) is 3. The average Bonchev–Trinajstić information content (AvgIpc) is 2.62. The first kappa shape index (κ1) is 18.5. The van der Waals surface area contributed by atoms with E-state index in [0.717, 1.165) is 12.0 Å². The molecule has 25 heavy (non-hydrogen) atoms. The molecule has 0 radical (unpaired) electrons. The molecule has 0 aliphatic rings. The summed E-state index contributed by atoms with van der Waals surface area (Å²) in [5.74, 6) is 1.20. The molecular weight excluding hydrogens is 312 g/mol. The SMILES string of the molecule is C=C(C)C(=O)O/C(C)=C(\C)Oc1ccc(-c2ccc(CC)cc2)cc1. The highest BCUT2D eigenvalue weighted by Gasteiger charge is 2.08. The minimum Gasteiger partial charge on any atom is -0.459 e. The minimum absolute atomic E-state index is 0.352. The summed E-state index contributed by atoms with van der Waals surface area (Å²) in [7, 11) is 0. The first-order chi connectivity index (χ1) is 11.9. The molecule has 0 unspecified atom stereocenters. The van der Waals surface area contributed by atoms with Gasteiger partial charge in [-0.25, -0.2) is 4.79 Å². The van der Waals surface area contributed by atoms with E-state index in [2.05, 4.69) is 37.8 Å². The summed E-state index contributed by atoms with van der Waals surface area (Å²) in [6.07, 6.45) is 1.04. The van der Waals surface area contributed by atoms with Crippen molar-refractivity contribution in [3.63, 3.8) is 0 Å². The number of allylic oxidation sites excluding steroid dienone is 2. The smallest absolute Gasteiger partial charge is 0.338 e. The number of ether oxygens (including phenoxy) is 2. The van der Waals surface area contributed by atoms with Crippen LogP contribution in [0.25, 0.3) is 11.1 Å². The van der Waals surface area contributed by atoms with Crippen molar-refractivity contribution in [2.75, 3.05) is 0 Å². The lowest BCUT2D eigenvalue weighted by molar-refractivity contribution is -0.135. The molecule has 3 nitrogen and oxygen atoms in total. The highest BCUT2D eigenvalue weighted by molar-refractivity contribution is 5.87. The fraction of sp³-hybridized carbons (Fsp3) is 0.227. The predicted molar refractivity (Wildman–Crippen MR) is 101 cm³/mol.